The first-order valence-electron chi connectivity index (χ1n) is 8.60. The summed E-state index contributed by atoms with van der Waals surface area (Å²) >= 11 is 1.88. The lowest BCUT2D eigenvalue weighted by molar-refractivity contribution is 0.0230. The lowest BCUT2D eigenvalue weighted by Crippen LogP contribution is -2.43. The summed E-state index contributed by atoms with van der Waals surface area (Å²) in [7, 11) is 3.55. The van der Waals surface area contributed by atoms with Crippen molar-refractivity contribution in [3.63, 3.8) is 0 Å². The zero-order valence-corrected chi connectivity index (χ0v) is 20.0. The van der Waals surface area contributed by atoms with E-state index < -0.39 is 5.60 Å². The fraction of sp³-hybridized carbons (Fsp3) is 0.882. The minimum absolute atomic E-state index is 0. The third kappa shape index (κ3) is 14.5. The Kier molecular flexibility index (Phi) is 15.8. The number of ether oxygens (including phenoxy) is 1. The molecule has 0 spiro atoms. The average Bonchev–Trinajstić information content (AvgIpc) is 2.50. The standard InChI is InChI=1S/C17H36N4O2S.HI/c1-14(21(6)16(22)23-17(2,3)4)10-12-20-15(18-5)19-11-8-9-13-24-7;/h14H,8-13H2,1-7H3,(H2,18,19,20);1H. The summed E-state index contributed by atoms with van der Waals surface area (Å²) in [5.74, 6) is 2.01. The van der Waals surface area contributed by atoms with Gasteiger partial charge in [0.2, 0.25) is 0 Å². The van der Waals surface area contributed by atoms with Crippen molar-refractivity contribution in [3.8, 4) is 0 Å². The van der Waals surface area contributed by atoms with Crippen LogP contribution < -0.4 is 10.6 Å². The number of thioether (sulfide) groups is 1. The predicted octanol–water partition coefficient (Wildman–Crippen LogP) is 3.56. The van der Waals surface area contributed by atoms with E-state index in [0.29, 0.717) is 0 Å². The summed E-state index contributed by atoms with van der Waals surface area (Å²) in [6.45, 7) is 9.32. The van der Waals surface area contributed by atoms with E-state index in [4.69, 9.17) is 4.74 Å². The number of hydrogen-bond donors (Lipinski definition) is 2. The number of rotatable bonds is 9. The lowest BCUT2D eigenvalue weighted by Gasteiger charge is -2.28. The summed E-state index contributed by atoms with van der Waals surface area (Å²) in [5, 5.41) is 6.60. The maximum Gasteiger partial charge on any atom is 0.410 e. The molecule has 0 fully saturated rings. The van der Waals surface area contributed by atoms with Crippen LogP contribution >= 0.6 is 35.7 Å². The third-order valence-corrected chi connectivity index (χ3v) is 4.19. The van der Waals surface area contributed by atoms with Crippen molar-refractivity contribution in [2.75, 3.05) is 39.2 Å². The third-order valence-electron chi connectivity index (χ3n) is 3.49. The van der Waals surface area contributed by atoms with Crippen LogP contribution in [0.5, 0.6) is 0 Å². The number of aliphatic imine (C=N–C) groups is 1. The predicted molar refractivity (Wildman–Crippen MR) is 120 cm³/mol. The molecule has 0 aliphatic rings. The Morgan fingerprint density at radius 1 is 1.24 bits per heavy atom. The summed E-state index contributed by atoms with van der Waals surface area (Å²) in [6, 6.07) is 0.0898. The van der Waals surface area contributed by atoms with Gasteiger partial charge in [0.1, 0.15) is 5.60 Å². The van der Waals surface area contributed by atoms with Gasteiger partial charge in [0.25, 0.3) is 0 Å². The maximum absolute atomic E-state index is 12.0. The molecule has 150 valence electrons. The molecule has 0 heterocycles. The van der Waals surface area contributed by atoms with Gasteiger partial charge in [-0.05, 0) is 59.0 Å². The number of carbonyl (C=O) groups excluding carboxylic acids is 1. The van der Waals surface area contributed by atoms with Crippen LogP contribution in [0.4, 0.5) is 4.79 Å². The van der Waals surface area contributed by atoms with Gasteiger partial charge in [-0.3, -0.25) is 4.99 Å². The SMILES string of the molecule is CN=C(NCCCCSC)NCCC(C)N(C)C(=O)OC(C)(C)C.I. The second-order valence-electron chi connectivity index (χ2n) is 6.85. The molecule has 1 unspecified atom stereocenters. The fourth-order valence-electron chi connectivity index (χ4n) is 1.91. The number of halogens is 1. The Morgan fingerprint density at radius 3 is 2.36 bits per heavy atom. The first-order valence-corrected chi connectivity index (χ1v) is 10.00. The number of guanidine groups is 1. The Labute approximate surface area is 175 Å². The van der Waals surface area contributed by atoms with E-state index in [2.05, 4.69) is 21.9 Å². The van der Waals surface area contributed by atoms with Gasteiger partial charge in [0.05, 0.1) is 0 Å². The van der Waals surface area contributed by atoms with Gasteiger partial charge in [-0.25, -0.2) is 4.79 Å². The normalized spacial score (nSPS) is 12.8. The van der Waals surface area contributed by atoms with Crippen LogP contribution in [0.1, 0.15) is 47.0 Å². The average molecular weight is 488 g/mol. The van der Waals surface area contributed by atoms with E-state index in [-0.39, 0.29) is 36.1 Å². The Morgan fingerprint density at radius 2 is 1.84 bits per heavy atom. The highest BCUT2D eigenvalue weighted by atomic mass is 127. The second-order valence-corrected chi connectivity index (χ2v) is 7.84. The van der Waals surface area contributed by atoms with Crippen molar-refractivity contribution in [3.05, 3.63) is 0 Å². The zero-order chi connectivity index (χ0) is 18.6. The molecule has 0 saturated heterocycles. The molecule has 0 aromatic carbocycles. The molecule has 0 aromatic heterocycles. The number of nitrogens with one attached hydrogen (secondary N) is 2. The molecule has 1 amide bonds. The first-order chi connectivity index (χ1) is 11.2. The molecular weight excluding hydrogens is 451 g/mol. The molecule has 0 rings (SSSR count). The quantitative estimate of drug-likeness (QED) is 0.225. The van der Waals surface area contributed by atoms with Gasteiger partial charge in [-0.2, -0.15) is 11.8 Å². The highest BCUT2D eigenvalue weighted by molar-refractivity contribution is 14.0. The number of unbranched alkanes of at least 4 members (excludes halogenated alkanes) is 1. The van der Waals surface area contributed by atoms with Crippen molar-refractivity contribution in [1.82, 2.24) is 15.5 Å². The van der Waals surface area contributed by atoms with Crippen LogP contribution in [0.15, 0.2) is 4.99 Å². The number of hydrogen-bond acceptors (Lipinski definition) is 4. The van der Waals surface area contributed by atoms with Crippen LogP contribution in [0.2, 0.25) is 0 Å². The van der Waals surface area contributed by atoms with E-state index in [0.717, 1.165) is 31.9 Å². The molecule has 6 nitrogen and oxygen atoms in total. The topological polar surface area (TPSA) is 66.0 Å². The molecule has 25 heavy (non-hydrogen) atoms. The van der Waals surface area contributed by atoms with Crippen molar-refractivity contribution < 1.29 is 9.53 Å². The summed E-state index contributed by atoms with van der Waals surface area (Å²) in [4.78, 5) is 17.9. The monoisotopic (exact) mass is 488 g/mol. The number of nitrogens with zero attached hydrogens (tertiary/aromatic N) is 2. The maximum atomic E-state index is 12.0. The van der Waals surface area contributed by atoms with Gasteiger partial charge in [0, 0.05) is 33.2 Å². The van der Waals surface area contributed by atoms with Gasteiger partial charge in [-0.1, -0.05) is 0 Å². The van der Waals surface area contributed by atoms with Gasteiger partial charge in [0.15, 0.2) is 5.96 Å². The summed E-state index contributed by atoms with van der Waals surface area (Å²) in [5.41, 5.74) is -0.467. The zero-order valence-electron chi connectivity index (χ0n) is 16.8. The van der Waals surface area contributed by atoms with Gasteiger partial charge >= 0.3 is 6.09 Å². The summed E-state index contributed by atoms with van der Waals surface area (Å²) in [6.07, 6.45) is 5.01. The molecule has 0 radical (unpaired) electrons. The molecule has 2 N–H and O–H groups in total. The number of amides is 1. The first kappa shape index (κ1) is 26.8. The van der Waals surface area contributed by atoms with Crippen LogP contribution in [0.25, 0.3) is 0 Å². The smallest absolute Gasteiger partial charge is 0.410 e. The molecule has 0 aromatic rings. The Balaban J connectivity index is 0. The van der Waals surface area contributed by atoms with Crippen molar-refractivity contribution in [2.45, 2.75) is 58.6 Å². The van der Waals surface area contributed by atoms with Crippen molar-refractivity contribution >= 4 is 47.8 Å². The van der Waals surface area contributed by atoms with Crippen LogP contribution in [0, 0.1) is 0 Å². The van der Waals surface area contributed by atoms with Crippen molar-refractivity contribution in [1.29, 1.82) is 0 Å². The highest BCUT2D eigenvalue weighted by Gasteiger charge is 2.22. The minimum atomic E-state index is -0.467. The molecule has 0 saturated carbocycles. The van der Waals surface area contributed by atoms with Gasteiger partial charge in [-0.15, -0.1) is 24.0 Å². The minimum Gasteiger partial charge on any atom is -0.444 e. The van der Waals surface area contributed by atoms with E-state index in [9.17, 15) is 4.79 Å². The van der Waals surface area contributed by atoms with E-state index in [1.165, 1.54) is 12.2 Å². The molecular formula is C17H37IN4O2S. The Bertz CT molecular complexity index is 389. The fourth-order valence-corrected chi connectivity index (χ4v) is 2.40. The second kappa shape index (κ2) is 14.8. The molecule has 0 bridgehead atoms. The summed E-state index contributed by atoms with van der Waals surface area (Å²) < 4.78 is 5.38. The van der Waals surface area contributed by atoms with Crippen LogP contribution in [-0.4, -0.2) is 67.8 Å². The molecule has 0 aliphatic carbocycles. The van der Waals surface area contributed by atoms with Crippen molar-refractivity contribution in [2.24, 2.45) is 4.99 Å². The van der Waals surface area contributed by atoms with E-state index >= 15 is 0 Å². The van der Waals surface area contributed by atoms with E-state index in [1.807, 2.05) is 39.5 Å². The van der Waals surface area contributed by atoms with Crippen LogP contribution in [0.3, 0.4) is 0 Å². The van der Waals surface area contributed by atoms with Gasteiger partial charge < -0.3 is 20.3 Å². The largest absolute Gasteiger partial charge is 0.444 e. The number of carbonyl (C=O) groups is 1. The highest BCUT2D eigenvalue weighted by Crippen LogP contribution is 2.11. The molecule has 8 heteroatoms. The molecule has 1 atom stereocenters. The Hall–Kier alpha value is -0.380. The lowest BCUT2D eigenvalue weighted by atomic mass is 10.2. The van der Waals surface area contributed by atoms with Crippen LogP contribution in [-0.2, 0) is 4.74 Å². The van der Waals surface area contributed by atoms with E-state index in [1.54, 1.807) is 19.0 Å². The molecule has 0 aliphatic heterocycles.